The van der Waals surface area contributed by atoms with Crippen LogP contribution in [0.4, 0.5) is 22.7 Å². The van der Waals surface area contributed by atoms with E-state index in [1.54, 1.807) is 48.5 Å². The summed E-state index contributed by atoms with van der Waals surface area (Å²) in [7, 11) is 0. The van der Waals surface area contributed by atoms with E-state index in [9.17, 15) is 29.4 Å². The van der Waals surface area contributed by atoms with E-state index in [1.807, 2.05) is 13.8 Å². The third-order valence-corrected chi connectivity index (χ3v) is 5.00. The minimum Gasteiger partial charge on any atom is -0.478 e. The van der Waals surface area contributed by atoms with Gasteiger partial charge in [-0.2, -0.15) is 0 Å². The molecule has 3 aromatic carbocycles. The van der Waals surface area contributed by atoms with Crippen molar-refractivity contribution in [1.29, 1.82) is 0 Å². The number of hydrazine groups is 2. The fourth-order valence-electron chi connectivity index (χ4n) is 3.35. The maximum Gasteiger partial charge on any atom is 0.337 e. The van der Waals surface area contributed by atoms with E-state index in [0.717, 1.165) is 23.3 Å². The summed E-state index contributed by atoms with van der Waals surface area (Å²) >= 11 is 0. The number of carbonyl (C=O) groups is 4. The zero-order valence-electron chi connectivity index (χ0n) is 18.4. The highest BCUT2D eigenvalue weighted by Crippen LogP contribution is 2.36. The van der Waals surface area contributed by atoms with Crippen molar-refractivity contribution in [3.8, 4) is 0 Å². The molecule has 0 saturated heterocycles. The molecule has 0 bridgehead atoms. The molecule has 10 heteroatoms. The number of anilines is 4. The second-order valence-electron chi connectivity index (χ2n) is 7.33. The fraction of sp³-hybridized carbons (Fsp3) is 0.0833. The van der Waals surface area contributed by atoms with Crippen LogP contribution in [0, 0.1) is 13.8 Å². The lowest BCUT2D eigenvalue weighted by atomic mass is 10.0. The van der Waals surface area contributed by atoms with Gasteiger partial charge in [0.1, 0.15) is 0 Å². The summed E-state index contributed by atoms with van der Waals surface area (Å²) in [6.07, 6.45) is 0.707. The summed E-state index contributed by atoms with van der Waals surface area (Å²) in [5, 5.41) is 22.2. The quantitative estimate of drug-likeness (QED) is 0.266. The van der Waals surface area contributed by atoms with Crippen LogP contribution >= 0.6 is 0 Å². The first kappa shape index (κ1) is 23.8. The molecular formula is C24H22N4O6. The van der Waals surface area contributed by atoms with E-state index in [0.29, 0.717) is 24.2 Å². The number of nitrogens with one attached hydrogen (secondary N) is 2. The number of carbonyl (C=O) groups excluding carboxylic acids is 2. The van der Waals surface area contributed by atoms with Crippen molar-refractivity contribution in [2.45, 2.75) is 13.8 Å². The molecule has 0 heterocycles. The SMILES string of the molecule is Cc1ccc(N(NC=O)c2cc(C(=O)O)c(N(NC=O)c3ccc(C)cc3)cc2C(=O)O)cc1. The highest BCUT2D eigenvalue weighted by Gasteiger charge is 2.26. The van der Waals surface area contributed by atoms with Gasteiger partial charge in [-0.1, -0.05) is 35.4 Å². The molecule has 34 heavy (non-hydrogen) atoms. The summed E-state index contributed by atoms with van der Waals surface area (Å²) in [6, 6.07) is 15.9. The zero-order chi connectivity index (χ0) is 24.8. The lowest BCUT2D eigenvalue weighted by molar-refractivity contribution is -0.110. The number of benzene rings is 3. The lowest BCUT2D eigenvalue weighted by Gasteiger charge is -2.29. The molecule has 0 atom stereocenters. The summed E-state index contributed by atoms with van der Waals surface area (Å²) in [6.45, 7) is 3.72. The summed E-state index contributed by atoms with van der Waals surface area (Å²) in [5.41, 5.74) is 6.74. The van der Waals surface area contributed by atoms with Crippen molar-refractivity contribution in [2.75, 3.05) is 10.0 Å². The van der Waals surface area contributed by atoms with E-state index in [4.69, 9.17) is 0 Å². The number of nitrogens with zero attached hydrogens (tertiary/aromatic N) is 2. The van der Waals surface area contributed by atoms with Crippen molar-refractivity contribution in [1.82, 2.24) is 10.9 Å². The molecule has 0 spiro atoms. The molecule has 0 saturated carbocycles. The van der Waals surface area contributed by atoms with Gasteiger partial charge in [0.2, 0.25) is 12.8 Å². The van der Waals surface area contributed by atoms with Crippen LogP contribution in [-0.4, -0.2) is 35.0 Å². The highest BCUT2D eigenvalue weighted by molar-refractivity contribution is 6.04. The molecule has 0 unspecified atom stereocenters. The number of carboxylic acid groups (broad SMARTS) is 2. The van der Waals surface area contributed by atoms with Gasteiger partial charge in [0.05, 0.1) is 33.9 Å². The minimum atomic E-state index is -1.37. The average Bonchev–Trinajstić information content (AvgIpc) is 2.81. The van der Waals surface area contributed by atoms with Gasteiger partial charge in [-0.3, -0.25) is 30.5 Å². The normalized spacial score (nSPS) is 10.2. The number of rotatable bonds is 10. The Hall–Kier alpha value is -4.86. The molecule has 10 nitrogen and oxygen atoms in total. The van der Waals surface area contributed by atoms with Crippen LogP contribution in [0.5, 0.6) is 0 Å². The molecule has 4 N–H and O–H groups in total. The van der Waals surface area contributed by atoms with Crippen molar-refractivity contribution >= 4 is 47.5 Å². The Bertz CT molecular complexity index is 1130. The number of hydrogen-bond donors (Lipinski definition) is 4. The number of hydrogen-bond acceptors (Lipinski definition) is 6. The Morgan fingerprint density at radius 3 is 1.26 bits per heavy atom. The second-order valence-corrected chi connectivity index (χ2v) is 7.33. The summed E-state index contributed by atoms with van der Waals surface area (Å²) in [4.78, 5) is 47.1. The van der Waals surface area contributed by atoms with Gasteiger partial charge in [-0.15, -0.1) is 0 Å². The van der Waals surface area contributed by atoms with Gasteiger partial charge in [0.15, 0.2) is 0 Å². The molecule has 0 aliphatic carbocycles. The number of amides is 2. The van der Waals surface area contributed by atoms with Gasteiger partial charge in [0.25, 0.3) is 0 Å². The second kappa shape index (κ2) is 10.2. The Balaban J connectivity index is 2.28. The zero-order valence-corrected chi connectivity index (χ0v) is 18.4. The summed E-state index contributed by atoms with van der Waals surface area (Å²) in [5.74, 6) is -2.74. The molecule has 0 aromatic heterocycles. The predicted molar refractivity (Wildman–Crippen MR) is 125 cm³/mol. The standard InChI is InChI=1S/C24H22N4O6/c1-15-3-7-17(8-4-15)27(25-13-29)21-11-20(24(33)34)22(12-19(21)23(31)32)28(26-14-30)18-9-5-16(2)6-10-18/h3-14H,1-2H3,(H,25,29)(H,26,30)(H,31,32)(H,33,34). The average molecular weight is 462 g/mol. The van der Waals surface area contributed by atoms with Crippen LogP contribution in [-0.2, 0) is 9.59 Å². The van der Waals surface area contributed by atoms with Crippen LogP contribution in [0.2, 0.25) is 0 Å². The van der Waals surface area contributed by atoms with Crippen LogP contribution in [0.15, 0.2) is 60.7 Å². The lowest BCUT2D eigenvalue weighted by Crippen LogP contribution is -2.36. The Kier molecular flexibility index (Phi) is 7.12. The van der Waals surface area contributed by atoms with Crippen LogP contribution in [0.1, 0.15) is 31.8 Å². The smallest absolute Gasteiger partial charge is 0.337 e. The van der Waals surface area contributed by atoms with E-state index >= 15 is 0 Å². The van der Waals surface area contributed by atoms with Crippen LogP contribution in [0.3, 0.4) is 0 Å². The van der Waals surface area contributed by atoms with Gasteiger partial charge >= 0.3 is 11.9 Å². The fourth-order valence-corrected chi connectivity index (χ4v) is 3.35. The topological polar surface area (TPSA) is 139 Å². The molecule has 3 aromatic rings. The van der Waals surface area contributed by atoms with E-state index in [-0.39, 0.29) is 22.5 Å². The van der Waals surface area contributed by atoms with Crippen molar-refractivity contribution < 1.29 is 29.4 Å². The first-order valence-corrected chi connectivity index (χ1v) is 10.0. The van der Waals surface area contributed by atoms with Gasteiger partial charge in [-0.25, -0.2) is 9.59 Å². The molecule has 174 valence electrons. The first-order chi connectivity index (χ1) is 16.3. The molecule has 0 radical (unpaired) electrons. The van der Waals surface area contributed by atoms with Gasteiger partial charge in [-0.05, 0) is 50.2 Å². The van der Waals surface area contributed by atoms with Crippen LogP contribution in [0.25, 0.3) is 0 Å². The van der Waals surface area contributed by atoms with Crippen molar-refractivity contribution in [3.05, 3.63) is 82.9 Å². The van der Waals surface area contributed by atoms with Crippen molar-refractivity contribution in [3.63, 3.8) is 0 Å². The molecule has 0 aliphatic rings. The minimum absolute atomic E-state index is 0.0837. The molecule has 3 rings (SSSR count). The predicted octanol–water partition coefficient (Wildman–Crippen LogP) is 3.30. The molecule has 0 fully saturated rings. The molecule has 2 amide bonds. The summed E-state index contributed by atoms with van der Waals surface area (Å²) < 4.78 is 0. The third-order valence-electron chi connectivity index (χ3n) is 5.00. The first-order valence-electron chi connectivity index (χ1n) is 10.0. The Morgan fingerprint density at radius 2 is 1.00 bits per heavy atom. The van der Waals surface area contributed by atoms with E-state index < -0.39 is 11.9 Å². The Morgan fingerprint density at radius 1 is 0.676 bits per heavy atom. The number of carboxylic acids is 2. The highest BCUT2D eigenvalue weighted by atomic mass is 16.4. The van der Waals surface area contributed by atoms with E-state index in [2.05, 4.69) is 10.9 Å². The molecule has 0 aliphatic heterocycles. The number of aromatic carboxylic acids is 2. The Labute approximate surface area is 195 Å². The molecular weight excluding hydrogens is 440 g/mol. The van der Waals surface area contributed by atoms with Gasteiger partial charge in [0, 0.05) is 0 Å². The monoisotopic (exact) mass is 462 g/mol. The maximum atomic E-state index is 12.2. The number of aryl methyl sites for hydroxylation is 2. The van der Waals surface area contributed by atoms with Crippen LogP contribution < -0.4 is 20.9 Å². The largest absolute Gasteiger partial charge is 0.478 e. The third kappa shape index (κ3) is 4.96. The maximum absolute atomic E-state index is 12.2. The van der Waals surface area contributed by atoms with Gasteiger partial charge < -0.3 is 10.2 Å². The van der Waals surface area contributed by atoms with Crippen molar-refractivity contribution in [2.24, 2.45) is 0 Å². The van der Waals surface area contributed by atoms with E-state index in [1.165, 1.54) is 10.0 Å².